The molecule has 0 fully saturated rings. The molecule has 2 N–H and O–H groups in total. The molecule has 3 heterocycles. The molecule has 3 rings (SSSR count). The minimum atomic E-state index is -0.595. The molecule has 7 nitrogen and oxygen atoms in total. The maximum absolute atomic E-state index is 9.38. The number of fused-ring (bicyclic) bond motifs is 1. The highest BCUT2D eigenvalue weighted by Gasteiger charge is 2.23. The van der Waals surface area contributed by atoms with E-state index in [1.54, 1.807) is 31.6 Å². The molecule has 130 valence electrons. The van der Waals surface area contributed by atoms with E-state index < -0.39 is 6.23 Å². The Labute approximate surface area is 145 Å². The lowest BCUT2D eigenvalue weighted by Crippen LogP contribution is -2.33. The second-order valence-electron chi connectivity index (χ2n) is 6.03. The van der Waals surface area contributed by atoms with Crippen LogP contribution in [0.5, 0.6) is 5.88 Å². The fraction of sp³-hybridized carbons (Fsp3) is 0.562. The van der Waals surface area contributed by atoms with Gasteiger partial charge in [-0.25, -0.2) is 9.97 Å². The Bertz CT molecular complexity index is 691. The Morgan fingerprint density at radius 3 is 3.00 bits per heavy atom. The van der Waals surface area contributed by atoms with Crippen LogP contribution in [0.3, 0.4) is 0 Å². The van der Waals surface area contributed by atoms with Gasteiger partial charge in [-0.05, 0) is 13.8 Å². The zero-order valence-corrected chi connectivity index (χ0v) is 15.0. The molecule has 24 heavy (non-hydrogen) atoms. The average molecular weight is 349 g/mol. The summed E-state index contributed by atoms with van der Waals surface area (Å²) in [4.78, 5) is 17.0. The molecule has 2 aromatic rings. The predicted octanol–water partition coefficient (Wildman–Crippen LogP) is 1.68. The number of methoxy groups -OCH3 is 1. The Morgan fingerprint density at radius 1 is 1.42 bits per heavy atom. The number of nitrogens with one attached hydrogen (secondary N) is 1. The summed E-state index contributed by atoms with van der Waals surface area (Å²) in [5, 5.41) is 13.1. The van der Waals surface area contributed by atoms with Crippen LogP contribution in [0, 0.1) is 0 Å². The normalized spacial score (nSPS) is 19.4. The number of nitrogens with zero attached hydrogens (tertiary/aromatic N) is 4. The molecule has 0 radical (unpaired) electrons. The first-order valence-corrected chi connectivity index (χ1v) is 8.89. The van der Waals surface area contributed by atoms with E-state index >= 15 is 0 Å². The van der Waals surface area contributed by atoms with Crippen LogP contribution in [0.4, 0.5) is 5.13 Å². The van der Waals surface area contributed by atoms with E-state index in [2.05, 4.69) is 32.1 Å². The van der Waals surface area contributed by atoms with Crippen molar-refractivity contribution in [2.24, 2.45) is 0 Å². The molecule has 0 spiro atoms. The number of aliphatic hydroxyl groups is 1. The fourth-order valence-corrected chi connectivity index (χ4v) is 3.76. The van der Waals surface area contributed by atoms with E-state index in [9.17, 15) is 5.11 Å². The number of hydrogen-bond acceptors (Lipinski definition) is 8. The summed E-state index contributed by atoms with van der Waals surface area (Å²) in [5.74, 6) is 0.575. The first-order chi connectivity index (χ1) is 11.5. The van der Waals surface area contributed by atoms with Gasteiger partial charge in [0.05, 0.1) is 24.7 Å². The van der Waals surface area contributed by atoms with Gasteiger partial charge in [0.25, 0.3) is 0 Å². The van der Waals surface area contributed by atoms with Gasteiger partial charge < -0.3 is 15.2 Å². The summed E-state index contributed by atoms with van der Waals surface area (Å²) < 4.78 is 5.18. The molecule has 0 saturated heterocycles. The number of ether oxygens (including phenoxy) is 1. The number of aromatic nitrogens is 3. The highest BCUT2D eigenvalue weighted by Crippen LogP contribution is 2.24. The van der Waals surface area contributed by atoms with Crippen molar-refractivity contribution in [3.05, 3.63) is 28.7 Å². The van der Waals surface area contributed by atoms with Gasteiger partial charge in [0.1, 0.15) is 6.23 Å². The molecule has 8 heteroatoms. The molecular formula is C16H23N5O2S. The van der Waals surface area contributed by atoms with E-state index in [1.165, 1.54) is 4.88 Å². The maximum Gasteiger partial charge on any atom is 0.232 e. The highest BCUT2D eigenvalue weighted by molar-refractivity contribution is 7.15. The molecule has 2 aromatic heterocycles. The van der Waals surface area contributed by atoms with Crippen molar-refractivity contribution in [3.63, 3.8) is 0 Å². The van der Waals surface area contributed by atoms with Gasteiger partial charge in [-0.1, -0.05) is 0 Å². The molecule has 2 atom stereocenters. The van der Waals surface area contributed by atoms with Gasteiger partial charge in [-0.15, -0.1) is 11.3 Å². The number of anilines is 1. The summed E-state index contributed by atoms with van der Waals surface area (Å²) in [6.45, 7) is 5.67. The standard InChI is InChI=1S/C16H23N5O2S/c1-10-6-14-13(20-15(23-3)8-17-14)4-5-21(10)9-12-7-18-16(24-12)19-11(2)22/h7-8,10-11,22H,4-6,9H2,1-3H3,(H,18,19)/t10-,11?/m1/s1. The molecule has 0 aliphatic carbocycles. The van der Waals surface area contributed by atoms with Crippen molar-refractivity contribution >= 4 is 16.5 Å². The number of hydrogen-bond donors (Lipinski definition) is 2. The van der Waals surface area contributed by atoms with E-state index in [4.69, 9.17) is 4.74 Å². The first-order valence-electron chi connectivity index (χ1n) is 8.07. The lowest BCUT2D eigenvalue weighted by Gasteiger charge is -2.25. The monoisotopic (exact) mass is 349 g/mol. The summed E-state index contributed by atoms with van der Waals surface area (Å²) in [7, 11) is 1.62. The largest absolute Gasteiger partial charge is 0.480 e. The van der Waals surface area contributed by atoms with Crippen molar-refractivity contribution < 1.29 is 9.84 Å². The third-order valence-corrected chi connectivity index (χ3v) is 5.02. The van der Waals surface area contributed by atoms with Crippen LogP contribution in [-0.4, -0.2) is 50.9 Å². The molecule has 1 aliphatic rings. The minimum absolute atomic E-state index is 0.379. The zero-order valence-electron chi connectivity index (χ0n) is 14.2. The topological polar surface area (TPSA) is 83.4 Å². The number of rotatable bonds is 5. The first kappa shape index (κ1) is 17.1. The fourth-order valence-electron chi connectivity index (χ4n) is 2.84. The summed E-state index contributed by atoms with van der Waals surface area (Å²) in [6.07, 6.45) is 4.71. The van der Waals surface area contributed by atoms with Crippen LogP contribution in [0.2, 0.25) is 0 Å². The lowest BCUT2D eigenvalue weighted by atomic mass is 10.1. The molecule has 1 unspecified atom stereocenters. The minimum Gasteiger partial charge on any atom is -0.480 e. The van der Waals surface area contributed by atoms with Crippen molar-refractivity contribution in [1.29, 1.82) is 0 Å². The Balaban J connectivity index is 1.68. The Hall–Kier alpha value is -1.77. The third kappa shape index (κ3) is 4.00. The van der Waals surface area contributed by atoms with Gasteiger partial charge in [0, 0.05) is 43.0 Å². The Kier molecular flexibility index (Phi) is 5.27. The predicted molar refractivity (Wildman–Crippen MR) is 93.3 cm³/mol. The molecule has 0 aromatic carbocycles. The molecule has 0 amide bonds. The lowest BCUT2D eigenvalue weighted by molar-refractivity contribution is 0.208. The maximum atomic E-state index is 9.38. The second kappa shape index (κ2) is 7.42. The number of thiazole rings is 1. The van der Waals surface area contributed by atoms with Crippen LogP contribution < -0.4 is 10.1 Å². The van der Waals surface area contributed by atoms with E-state index in [0.717, 1.165) is 42.5 Å². The van der Waals surface area contributed by atoms with Crippen molar-refractivity contribution in [2.45, 2.75) is 45.5 Å². The van der Waals surface area contributed by atoms with Gasteiger partial charge >= 0.3 is 0 Å². The highest BCUT2D eigenvalue weighted by atomic mass is 32.1. The van der Waals surface area contributed by atoms with Gasteiger partial charge in [0.2, 0.25) is 5.88 Å². The van der Waals surface area contributed by atoms with Crippen LogP contribution in [-0.2, 0) is 19.4 Å². The van der Waals surface area contributed by atoms with E-state index in [0.29, 0.717) is 11.9 Å². The van der Waals surface area contributed by atoms with Crippen LogP contribution in [0.1, 0.15) is 30.1 Å². The summed E-state index contributed by atoms with van der Waals surface area (Å²) >= 11 is 1.58. The van der Waals surface area contributed by atoms with Gasteiger partial charge in [-0.3, -0.25) is 9.88 Å². The van der Waals surface area contributed by atoms with Crippen molar-refractivity contribution in [3.8, 4) is 5.88 Å². The smallest absolute Gasteiger partial charge is 0.232 e. The van der Waals surface area contributed by atoms with E-state index in [-0.39, 0.29) is 0 Å². The SMILES string of the molecule is COc1cnc2c(n1)CCN(Cc1cnc(NC(C)O)s1)[C@H](C)C2. The Morgan fingerprint density at radius 2 is 2.25 bits per heavy atom. The van der Waals surface area contributed by atoms with Crippen LogP contribution in [0.25, 0.3) is 0 Å². The molecular weight excluding hydrogens is 326 g/mol. The van der Waals surface area contributed by atoms with Crippen LogP contribution >= 0.6 is 11.3 Å². The van der Waals surface area contributed by atoms with Crippen molar-refractivity contribution in [1.82, 2.24) is 19.9 Å². The van der Waals surface area contributed by atoms with E-state index in [1.807, 2.05) is 6.20 Å². The molecule has 0 bridgehead atoms. The molecule has 0 saturated carbocycles. The van der Waals surface area contributed by atoms with Crippen molar-refractivity contribution in [2.75, 3.05) is 19.0 Å². The third-order valence-electron chi connectivity index (χ3n) is 4.11. The zero-order chi connectivity index (χ0) is 17.1. The summed E-state index contributed by atoms with van der Waals surface area (Å²) in [5.41, 5.74) is 2.09. The summed E-state index contributed by atoms with van der Waals surface area (Å²) in [6, 6.07) is 0.379. The molecule has 1 aliphatic heterocycles. The second-order valence-corrected chi connectivity index (χ2v) is 7.15. The average Bonchev–Trinajstić information content (AvgIpc) is 2.91. The quantitative estimate of drug-likeness (QED) is 0.795. The van der Waals surface area contributed by atoms with Gasteiger partial charge in [0.15, 0.2) is 5.13 Å². The van der Waals surface area contributed by atoms with Crippen LogP contribution in [0.15, 0.2) is 12.4 Å². The van der Waals surface area contributed by atoms with Gasteiger partial charge in [-0.2, -0.15) is 0 Å². The number of aliphatic hydroxyl groups excluding tert-OH is 1.